The summed E-state index contributed by atoms with van der Waals surface area (Å²) in [4.78, 5) is 10.3. The zero-order valence-electron chi connectivity index (χ0n) is 13.2. The van der Waals surface area contributed by atoms with Gasteiger partial charge in [0.25, 0.3) is 5.69 Å². The van der Waals surface area contributed by atoms with Gasteiger partial charge in [-0.1, -0.05) is 0 Å². The number of nitrogens with zero attached hydrogens (tertiary/aromatic N) is 1. The van der Waals surface area contributed by atoms with Crippen LogP contribution in [0.15, 0.2) is 23.1 Å². The van der Waals surface area contributed by atoms with Gasteiger partial charge in [0.1, 0.15) is 5.69 Å². The van der Waals surface area contributed by atoms with E-state index in [9.17, 15) is 26.9 Å². The standard InChI is InChI=1S/C13H19N3O6S2/c1-9(2)15-24(21,22)11-3-4-12(13(7-11)16(17)18)14-10-5-6-23(19,20)8-10/h3-4,7,9-10,14-15H,5-6,8H2,1-2H3/t10-/m0/s1. The predicted octanol–water partition coefficient (Wildman–Crippen LogP) is 0.881. The molecule has 1 aliphatic rings. The monoisotopic (exact) mass is 377 g/mol. The fraction of sp³-hybridized carbons (Fsp3) is 0.538. The third-order valence-electron chi connectivity index (χ3n) is 3.46. The average Bonchev–Trinajstić information content (AvgIpc) is 2.76. The summed E-state index contributed by atoms with van der Waals surface area (Å²) < 4.78 is 49.6. The summed E-state index contributed by atoms with van der Waals surface area (Å²) in [5.41, 5.74) is -0.309. The molecule has 0 unspecified atom stereocenters. The molecule has 11 heteroatoms. The minimum absolute atomic E-state index is 0.0310. The fourth-order valence-corrected chi connectivity index (χ4v) is 5.40. The van der Waals surface area contributed by atoms with Crippen molar-refractivity contribution in [3.05, 3.63) is 28.3 Å². The van der Waals surface area contributed by atoms with Crippen LogP contribution < -0.4 is 10.0 Å². The maximum Gasteiger partial charge on any atom is 0.293 e. The minimum atomic E-state index is -3.86. The molecule has 24 heavy (non-hydrogen) atoms. The fourth-order valence-electron chi connectivity index (χ4n) is 2.46. The second-order valence-corrected chi connectivity index (χ2v) is 9.90. The van der Waals surface area contributed by atoms with Crippen molar-refractivity contribution in [3.8, 4) is 0 Å². The SMILES string of the molecule is CC(C)NS(=O)(=O)c1ccc(N[C@H]2CCS(=O)(=O)C2)c([N+](=O)[O-])c1. The maximum atomic E-state index is 12.1. The third kappa shape index (κ3) is 4.42. The molecule has 0 aromatic heterocycles. The summed E-state index contributed by atoms with van der Waals surface area (Å²) >= 11 is 0. The first-order valence-electron chi connectivity index (χ1n) is 7.28. The molecule has 0 spiro atoms. The minimum Gasteiger partial charge on any atom is -0.376 e. The van der Waals surface area contributed by atoms with Gasteiger partial charge in [0, 0.05) is 18.2 Å². The molecule has 9 nitrogen and oxygen atoms in total. The van der Waals surface area contributed by atoms with E-state index in [2.05, 4.69) is 10.0 Å². The first-order valence-corrected chi connectivity index (χ1v) is 10.6. The molecule has 2 rings (SSSR count). The number of hydrogen-bond acceptors (Lipinski definition) is 7. The maximum absolute atomic E-state index is 12.1. The van der Waals surface area contributed by atoms with Crippen molar-refractivity contribution in [1.29, 1.82) is 0 Å². The van der Waals surface area contributed by atoms with Gasteiger partial charge >= 0.3 is 0 Å². The molecule has 1 heterocycles. The van der Waals surface area contributed by atoms with Gasteiger partial charge in [-0.15, -0.1) is 0 Å². The number of nitro benzene ring substituents is 1. The molecule has 134 valence electrons. The Balaban J connectivity index is 2.33. The summed E-state index contributed by atoms with van der Waals surface area (Å²) in [7, 11) is -6.99. The summed E-state index contributed by atoms with van der Waals surface area (Å²) in [5, 5.41) is 14.1. The van der Waals surface area contributed by atoms with E-state index in [4.69, 9.17) is 0 Å². The average molecular weight is 377 g/mol. The Labute approximate surface area is 140 Å². The normalized spacial score (nSPS) is 20.2. The summed E-state index contributed by atoms with van der Waals surface area (Å²) in [6, 6.07) is 2.73. The highest BCUT2D eigenvalue weighted by Gasteiger charge is 2.30. The van der Waals surface area contributed by atoms with Crippen LogP contribution in [0.3, 0.4) is 0 Å². The van der Waals surface area contributed by atoms with Crippen molar-refractivity contribution < 1.29 is 21.8 Å². The van der Waals surface area contributed by atoms with Gasteiger partial charge < -0.3 is 5.32 Å². The van der Waals surface area contributed by atoms with E-state index in [1.165, 1.54) is 12.1 Å². The second kappa shape index (κ2) is 6.65. The molecule has 0 radical (unpaired) electrons. The molecule has 2 N–H and O–H groups in total. The van der Waals surface area contributed by atoms with Gasteiger partial charge in [-0.3, -0.25) is 10.1 Å². The highest BCUT2D eigenvalue weighted by atomic mass is 32.2. The van der Waals surface area contributed by atoms with Crippen LogP contribution in [0.25, 0.3) is 0 Å². The number of rotatable bonds is 6. The van der Waals surface area contributed by atoms with Gasteiger partial charge in [-0.2, -0.15) is 0 Å². The van der Waals surface area contributed by atoms with Crippen LogP contribution >= 0.6 is 0 Å². The Hall–Kier alpha value is -1.72. The molecule has 0 saturated carbocycles. The summed E-state index contributed by atoms with van der Waals surface area (Å²) in [6.45, 7) is 3.28. The van der Waals surface area contributed by atoms with Crippen LogP contribution in [0.4, 0.5) is 11.4 Å². The Kier molecular flexibility index (Phi) is 5.16. The van der Waals surface area contributed by atoms with E-state index in [1.807, 2.05) is 0 Å². The third-order valence-corrected chi connectivity index (χ3v) is 6.88. The molecule has 1 saturated heterocycles. The molecule has 0 bridgehead atoms. The number of anilines is 1. The number of sulfonamides is 1. The lowest BCUT2D eigenvalue weighted by Gasteiger charge is -2.14. The van der Waals surface area contributed by atoms with E-state index in [0.29, 0.717) is 6.42 Å². The predicted molar refractivity (Wildman–Crippen MR) is 89.2 cm³/mol. The zero-order valence-corrected chi connectivity index (χ0v) is 14.9. The first kappa shape index (κ1) is 18.6. The number of benzene rings is 1. The van der Waals surface area contributed by atoms with Gasteiger partial charge in [-0.05, 0) is 32.4 Å². The lowest BCUT2D eigenvalue weighted by Crippen LogP contribution is -2.30. The van der Waals surface area contributed by atoms with Crippen molar-refractivity contribution in [2.24, 2.45) is 0 Å². The number of nitro groups is 1. The first-order chi connectivity index (χ1) is 11.0. The van der Waals surface area contributed by atoms with E-state index in [0.717, 1.165) is 6.07 Å². The Morgan fingerprint density at radius 3 is 2.50 bits per heavy atom. The summed E-state index contributed by atoms with van der Waals surface area (Å²) in [5.74, 6) is -0.0671. The van der Waals surface area contributed by atoms with Crippen molar-refractivity contribution in [1.82, 2.24) is 4.72 Å². The molecule has 1 aromatic rings. The van der Waals surface area contributed by atoms with Crippen LogP contribution in [-0.4, -0.2) is 45.3 Å². The number of nitrogens with one attached hydrogen (secondary N) is 2. The van der Waals surface area contributed by atoms with Crippen molar-refractivity contribution in [2.75, 3.05) is 16.8 Å². The van der Waals surface area contributed by atoms with Crippen LogP contribution in [0.2, 0.25) is 0 Å². The molecule has 1 aliphatic heterocycles. The highest BCUT2D eigenvalue weighted by molar-refractivity contribution is 7.91. The van der Waals surface area contributed by atoms with E-state index in [1.54, 1.807) is 13.8 Å². The molecule has 1 atom stereocenters. The molecule has 1 fully saturated rings. The molecule has 0 amide bonds. The molecule has 1 aromatic carbocycles. The molecular weight excluding hydrogens is 358 g/mol. The van der Waals surface area contributed by atoms with Gasteiger partial charge in [-0.25, -0.2) is 21.6 Å². The Bertz CT molecular complexity index is 848. The van der Waals surface area contributed by atoms with Gasteiger partial charge in [0.05, 0.1) is 21.3 Å². The number of hydrogen-bond donors (Lipinski definition) is 2. The summed E-state index contributed by atoms with van der Waals surface area (Å²) in [6.07, 6.45) is 0.356. The molecular formula is C13H19N3O6S2. The van der Waals surface area contributed by atoms with Crippen LogP contribution in [0.1, 0.15) is 20.3 Å². The molecule has 0 aliphatic carbocycles. The topological polar surface area (TPSA) is 135 Å². The smallest absolute Gasteiger partial charge is 0.293 e. The number of sulfone groups is 1. The van der Waals surface area contributed by atoms with Crippen LogP contribution in [0.5, 0.6) is 0 Å². The van der Waals surface area contributed by atoms with Gasteiger partial charge in [0.15, 0.2) is 9.84 Å². The van der Waals surface area contributed by atoms with E-state index in [-0.39, 0.29) is 28.1 Å². The quantitative estimate of drug-likeness (QED) is 0.555. The van der Waals surface area contributed by atoms with Crippen molar-refractivity contribution >= 4 is 31.2 Å². The zero-order chi connectivity index (χ0) is 18.1. The highest BCUT2D eigenvalue weighted by Crippen LogP contribution is 2.29. The lowest BCUT2D eigenvalue weighted by molar-refractivity contribution is -0.384. The van der Waals surface area contributed by atoms with Crippen molar-refractivity contribution in [2.45, 2.75) is 37.2 Å². The lowest BCUT2D eigenvalue weighted by atomic mass is 10.2. The largest absolute Gasteiger partial charge is 0.376 e. The Morgan fingerprint density at radius 2 is 2.00 bits per heavy atom. The van der Waals surface area contributed by atoms with E-state index < -0.39 is 36.5 Å². The van der Waals surface area contributed by atoms with Gasteiger partial charge in [0.2, 0.25) is 10.0 Å². The van der Waals surface area contributed by atoms with Crippen LogP contribution in [-0.2, 0) is 19.9 Å². The second-order valence-electron chi connectivity index (χ2n) is 5.96. The van der Waals surface area contributed by atoms with E-state index >= 15 is 0 Å². The van der Waals surface area contributed by atoms with Crippen molar-refractivity contribution in [3.63, 3.8) is 0 Å². The Morgan fingerprint density at radius 1 is 1.33 bits per heavy atom. The van der Waals surface area contributed by atoms with Crippen LogP contribution in [0, 0.1) is 10.1 Å².